The molecular formula is C15H26N2O3. The summed E-state index contributed by atoms with van der Waals surface area (Å²) in [5, 5.41) is 12.3. The summed E-state index contributed by atoms with van der Waals surface area (Å²) in [5.41, 5.74) is -1.10. The van der Waals surface area contributed by atoms with E-state index in [1.54, 1.807) is 11.0 Å². The Kier molecular flexibility index (Phi) is 6.55. The number of aliphatic carboxylic acids is 1. The van der Waals surface area contributed by atoms with Crippen LogP contribution in [0.25, 0.3) is 0 Å². The Morgan fingerprint density at radius 3 is 2.35 bits per heavy atom. The van der Waals surface area contributed by atoms with Crippen LogP contribution in [0.4, 0.5) is 4.79 Å². The highest BCUT2D eigenvalue weighted by molar-refractivity contribution is 5.86. The Morgan fingerprint density at radius 1 is 1.30 bits per heavy atom. The highest BCUT2D eigenvalue weighted by Crippen LogP contribution is 2.27. The summed E-state index contributed by atoms with van der Waals surface area (Å²) in [6, 6.07) is -0.295. The average Bonchev–Trinajstić information content (AvgIpc) is 2.65. The normalized spacial score (nSPS) is 17.9. The zero-order valence-electron chi connectivity index (χ0n) is 12.4. The molecule has 5 nitrogen and oxygen atoms in total. The van der Waals surface area contributed by atoms with Crippen LogP contribution in [0.3, 0.4) is 0 Å². The van der Waals surface area contributed by atoms with E-state index in [0.29, 0.717) is 25.9 Å². The first-order valence-corrected chi connectivity index (χ1v) is 7.47. The molecule has 2 N–H and O–H groups in total. The minimum atomic E-state index is -1.10. The molecule has 0 aromatic heterocycles. The fraction of sp³-hybridized carbons (Fsp3) is 0.733. The molecule has 1 aliphatic rings. The van der Waals surface area contributed by atoms with Gasteiger partial charge in [0.2, 0.25) is 0 Å². The summed E-state index contributed by atoms with van der Waals surface area (Å²) in [4.78, 5) is 25.6. The van der Waals surface area contributed by atoms with E-state index < -0.39 is 11.5 Å². The van der Waals surface area contributed by atoms with Crippen molar-refractivity contribution in [2.75, 3.05) is 13.1 Å². The van der Waals surface area contributed by atoms with Crippen molar-refractivity contribution in [3.8, 4) is 0 Å². The number of carbonyl (C=O) groups excluding carboxylic acids is 1. The lowest BCUT2D eigenvalue weighted by Crippen LogP contribution is -2.57. The molecule has 1 saturated carbocycles. The van der Waals surface area contributed by atoms with Crippen LogP contribution in [0.1, 0.15) is 51.9 Å². The Morgan fingerprint density at radius 2 is 1.90 bits per heavy atom. The number of rotatable bonds is 6. The van der Waals surface area contributed by atoms with Gasteiger partial charge in [-0.15, -0.1) is 6.58 Å². The van der Waals surface area contributed by atoms with Gasteiger partial charge in [-0.3, -0.25) is 0 Å². The van der Waals surface area contributed by atoms with E-state index in [-0.39, 0.29) is 6.03 Å². The number of urea groups is 1. The number of amides is 2. The van der Waals surface area contributed by atoms with E-state index in [1.807, 2.05) is 6.92 Å². The van der Waals surface area contributed by atoms with Crippen LogP contribution >= 0.6 is 0 Å². The number of carboxylic acid groups (broad SMARTS) is 1. The number of carboxylic acids is 1. The molecule has 0 unspecified atom stereocenters. The van der Waals surface area contributed by atoms with Gasteiger partial charge in [-0.2, -0.15) is 0 Å². The molecule has 5 heteroatoms. The molecule has 114 valence electrons. The van der Waals surface area contributed by atoms with Gasteiger partial charge in [-0.05, 0) is 19.3 Å². The summed E-state index contributed by atoms with van der Waals surface area (Å²) in [6.45, 7) is 6.67. The van der Waals surface area contributed by atoms with E-state index in [4.69, 9.17) is 0 Å². The van der Waals surface area contributed by atoms with Crippen molar-refractivity contribution in [3.05, 3.63) is 12.7 Å². The predicted molar refractivity (Wildman–Crippen MR) is 78.7 cm³/mol. The van der Waals surface area contributed by atoms with Gasteiger partial charge < -0.3 is 15.3 Å². The first kappa shape index (κ1) is 16.5. The van der Waals surface area contributed by atoms with Gasteiger partial charge in [0, 0.05) is 13.1 Å². The quantitative estimate of drug-likeness (QED) is 0.581. The molecule has 0 radical (unpaired) electrons. The number of carbonyl (C=O) groups is 2. The number of nitrogens with zero attached hydrogens (tertiary/aromatic N) is 1. The summed E-state index contributed by atoms with van der Waals surface area (Å²) in [6.07, 6.45) is 7.30. The molecule has 0 bridgehead atoms. The summed E-state index contributed by atoms with van der Waals surface area (Å²) >= 11 is 0. The van der Waals surface area contributed by atoms with Crippen LogP contribution in [0.15, 0.2) is 12.7 Å². The van der Waals surface area contributed by atoms with Crippen molar-refractivity contribution >= 4 is 12.0 Å². The van der Waals surface area contributed by atoms with E-state index in [9.17, 15) is 14.7 Å². The second-order valence-electron chi connectivity index (χ2n) is 5.47. The summed E-state index contributed by atoms with van der Waals surface area (Å²) in [7, 11) is 0. The molecule has 0 aliphatic heterocycles. The van der Waals surface area contributed by atoms with Gasteiger partial charge in [0.25, 0.3) is 0 Å². The third kappa shape index (κ3) is 4.25. The molecule has 2 amide bonds. The zero-order chi connectivity index (χ0) is 15.0. The molecule has 1 fully saturated rings. The number of nitrogens with one attached hydrogen (secondary N) is 1. The molecular weight excluding hydrogens is 256 g/mol. The van der Waals surface area contributed by atoms with Gasteiger partial charge in [0.15, 0.2) is 0 Å². The fourth-order valence-corrected chi connectivity index (χ4v) is 2.71. The fourth-order valence-electron chi connectivity index (χ4n) is 2.71. The van der Waals surface area contributed by atoms with Crippen LogP contribution in [0.2, 0.25) is 0 Å². The lowest BCUT2D eigenvalue weighted by Gasteiger charge is -2.32. The Hall–Kier alpha value is -1.52. The minimum absolute atomic E-state index is 0.295. The first-order valence-electron chi connectivity index (χ1n) is 7.47. The molecule has 0 aromatic rings. The largest absolute Gasteiger partial charge is 0.480 e. The predicted octanol–water partition coefficient (Wildman–Crippen LogP) is 2.77. The van der Waals surface area contributed by atoms with Crippen molar-refractivity contribution in [2.45, 2.75) is 57.4 Å². The van der Waals surface area contributed by atoms with Crippen LogP contribution in [-0.2, 0) is 4.79 Å². The second-order valence-corrected chi connectivity index (χ2v) is 5.47. The Balaban J connectivity index is 2.79. The zero-order valence-corrected chi connectivity index (χ0v) is 12.4. The molecule has 0 atom stereocenters. The SMILES string of the molecule is C=CCN(CCC)C(=O)NC1(C(=O)O)CCCCCC1. The third-order valence-corrected chi connectivity index (χ3v) is 3.84. The standard InChI is InChI=1S/C15H26N2O3/c1-3-11-17(12-4-2)14(20)16-15(13(18)19)9-7-5-6-8-10-15/h3H,1,4-12H2,2H3,(H,16,20)(H,18,19). The topological polar surface area (TPSA) is 69.6 Å². The van der Waals surface area contributed by atoms with Crippen molar-refractivity contribution < 1.29 is 14.7 Å². The maximum absolute atomic E-state index is 12.3. The monoisotopic (exact) mass is 282 g/mol. The second kappa shape index (κ2) is 7.92. The van der Waals surface area contributed by atoms with E-state index in [1.165, 1.54) is 0 Å². The molecule has 1 rings (SSSR count). The maximum atomic E-state index is 12.3. The lowest BCUT2D eigenvalue weighted by molar-refractivity contribution is -0.145. The highest BCUT2D eigenvalue weighted by Gasteiger charge is 2.40. The van der Waals surface area contributed by atoms with E-state index >= 15 is 0 Å². The van der Waals surface area contributed by atoms with Gasteiger partial charge in [-0.25, -0.2) is 9.59 Å². The van der Waals surface area contributed by atoms with Crippen molar-refractivity contribution in [2.24, 2.45) is 0 Å². The average molecular weight is 282 g/mol. The van der Waals surface area contributed by atoms with Crippen LogP contribution in [0.5, 0.6) is 0 Å². The number of hydrogen-bond acceptors (Lipinski definition) is 2. The van der Waals surface area contributed by atoms with Crippen molar-refractivity contribution in [3.63, 3.8) is 0 Å². The van der Waals surface area contributed by atoms with E-state index in [2.05, 4.69) is 11.9 Å². The van der Waals surface area contributed by atoms with Crippen molar-refractivity contribution in [1.29, 1.82) is 0 Å². The third-order valence-electron chi connectivity index (χ3n) is 3.84. The van der Waals surface area contributed by atoms with Gasteiger partial charge in [0.1, 0.15) is 5.54 Å². The lowest BCUT2D eigenvalue weighted by atomic mass is 9.90. The molecule has 0 heterocycles. The summed E-state index contributed by atoms with van der Waals surface area (Å²) in [5.74, 6) is -0.914. The molecule has 0 saturated heterocycles. The number of hydrogen-bond donors (Lipinski definition) is 2. The van der Waals surface area contributed by atoms with Crippen LogP contribution in [0, 0.1) is 0 Å². The smallest absolute Gasteiger partial charge is 0.329 e. The highest BCUT2D eigenvalue weighted by atomic mass is 16.4. The van der Waals surface area contributed by atoms with Crippen molar-refractivity contribution in [1.82, 2.24) is 10.2 Å². The first-order chi connectivity index (χ1) is 9.55. The Labute approximate surface area is 121 Å². The molecule has 0 spiro atoms. The van der Waals surface area contributed by atoms with Gasteiger partial charge in [-0.1, -0.05) is 38.7 Å². The van der Waals surface area contributed by atoms with Gasteiger partial charge in [0.05, 0.1) is 0 Å². The molecule has 0 aromatic carbocycles. The molecule has 20 heavy (non-hydrogen) atoms. The van der Waals surface area contributed by atoms with Gasteiger partial charge >= 0.3 is 12.0 Å². The summed E-state index contributed by atoms with van der Waals surface area (Å²) < 4.78 is 0. The Bertz CT molecular complexity index is 347. The molecule has 1 aliphatic carbocycles. The minimum Gasteiger partial charge on any atom is -0.480 e. The van der Waals surface area contributed by atoms with Crippen LogP contribution in [-0.4, -0.2) is 40.6 Å². The van der Waals surface area contributed by atoms with E-state index in [0.717, 1.165) is 32.1 Å². The maximum Gasteiger partial charge on any atom is 0.329 e. The van der Waals surface area contributed by atoms with Crippen LogP contribution < -0.4 is 5.32 Å².